The molecule has 0 aliphatic rings. The lowest BCUT2D eigenvalue weighted by Gasteiger charge is -2.16. The number of aliphatic carboxylic acids is 1. The van der Waals surface area contributed by atoms with Crippen molar-refractivity contribution >= 4 is 16.0 Å². The Morgan fingerprint density at radius 3 is 2.61 bits per heavy atom. The molecule has 0 aromatic carbocycles. The Morgan fingerprint density at radius 2 is 2.11 bits per heavy atom. The molecule has 0 aliphatic carbocycles. The van der Waals surface area contributed by atoms with E-state index in [0.717, 1.165) is 10.9 Å². The molecule has 18 heavy (non-hydrogen) atoms. The predicted octanol–water partition coefficient (Wildman–Crippen LogP) is 0.290. The van der Waals surface area contributed by atoms with E-state index >= 15 is 0 Å². The van der Waals surface area contributed by atoms with Gasteiger partial charge >= 0.3 is 5.97 Å². The minimum Gasteiger partial charge on any atom is -0.480 e. The maximum Gasteiger partial charge on any atom is 0.325 e. The van der Waals surface area contributed by atoms with Crippen LogP contribution in [0, 0.1) is 5.92 Å². The topological polar surface area (TPSA) is 101 Å². The van der Waals surface area contributed by atoms with E-state index < -0.39 is 16.0 Å². The molecule has 8 heteroatoms. The smallest absolute Gasteiger partial charge is 0.325 e. The normalized spacial score (nSPS) is 13.8. The Labute approximate surface area is 106 Å². The van der Waals surface area contributed by atoms with Crippen molar-refractivity contribution in [3.8, 4) is 0 Å². The van der Waals surface area contributed by atoms with Gasteiger partial charge in [-0.3, -0.25) is 9.48 Å². The third-order valence-corrected chi connectivity index (χ3v) is 4.07. The first kappa shape index (κ1) is 14.7. The van der Waals surface area contributed by atoms with Crippen LogP contribution < -0.4 is 4.72 Å². The molecule has 0 radical (unpaired) electrons. The minimum absolute atomic E-state index is 0.0312. The van der Waals surface area contributed by atoms with Gasteiger partial charge in [0.25, 0.3) is 0 Å². The molecule has 1 rings (SSSR count). The van der Waals surface area contributed by atoms with Gasteiger partial charge in [-0.2, -0.15) is 5.10 Å². The molecule has 7 nitrogen and oxygen atoms in total. The summed E-state index contributed by atoms with van der Waals surface area (Å²) in [6, 6.07) is -0.210. The van der Waals surface area contributed by atoms with Crippen LogP contribution in [0.15, 0.2) is 17.3 Å². The summed E-state index contributed by atoms with van der Waals surface area (Å²) in [6.07, 6.45) is 2.34. The Balaban J connectivity index is 2.85. The Bertz CT molecular complexity index is 521. The maximum atomic E-state index is 11.9. The number of nitrogens with one attached hydrogen (secondary N) is 1. The van der Waals surface area contributed by atoms with Gasteiger partial charge in [0, 0.05) is 12.2 Å². The molecule has 0 amide bonds. The number of nitrogens with zero attached hydrogens (tertiary/aromatic N) is 2. The van der Waals surface area contributed by atoms with Crippen LogP contribution >= 0.6 is 0 Å². The second-order valence-corrected chi connectivity index (χ2v) is 6.14. The number of carboxylic acid groups (broad SMARTS) is 1. The molecule has 1 heterocycles. The van der Waals surface area contributed by atoms with Crippen molar-refractivity contribution in [1.82, 2.24) is 14.5 Å². The van der Waals surface area contributed by atoms with Crippen molar-refractivity contribution in [2.45, 2.75) is 38.3 Å². The van der Waals surface area contributed by atoms with Gasteiger partial charge in [-0.1, -0.05) is 13.8 Å². The van der Waals surface area contributed by atoms with Crippen molar-refractivity contribution in [2.24, 2.45) is 5.92 Å². The molecule has 1 unspecified atom stereocenters. The van der Waals surface area contributed by atoms with Crippen LogP contribution in [0.2, 0.25) is 0 Å². The first-order chi connectivity index (χ1) is 8.22. The fourth-order valence-electron chi connectivity index (χ4n) is 1.16. The summed E-state index contributed by atoms with van der Waals surface area (Å²) in [5.74, 6) is -0.917. The molecule has 0 spiro atoms. The third-order valence-electron chi connectivity index (χ3n) is 2.56. The van der Waals surface area contributed by atoms with Crippen molar-refractivity contribution in [1.29, 1.82) is 0 Å². The van der Waals surface area contributed by atoms with Gasteiger partial charge in [-0.15, -0.1) is 0 Å². The molecule has 1 aromatic heterocycles. The van der Waals surface area contributed by atoms with Crippen LogP contribution in [0.4, 0.5) is 0 Å². The van der Waals surface area contributed by atoms with Crippen LogP contribution in [0.5, 0.6) is 0 Å². The highest BCUT2D eigenvalue weighted by molar-refractivity contribution is 7.89. The lowest BCUT2D eigenvalue weighted by atomic mass is 10.1. The second-order valence-electron chi connectivity index (χ2n) is 4.42. The van der Waals surface area contributed by atoms with Crippen LogP contribution in [0.3, 0.4) is 0 Å². The zero-order valence-corrected chi connectivity index (χ0v) is 11.3. The average molecular weight is 275 g/mol. The van der Waals surface area contributed by atoms with E-state index in [2.05, 4.69) is 9.82 Å². The number of hydrogen-bond acceptors (Lipinski definition) is 4. The average Bonchev–Trinajstić information content (AvgIpc) is 2.64. The van der Waals surface area contributed by atoms with Crippen LogP contribution in [-0.4, -0.2) is 35.3 Å². The van der Waals surface area contributed by atoms with E-state index in [1.807, 2.05) is 13.8 Å². The van der Waals surface area contributed by atoms with E-state index in [1.165, 1.54) is 6.20 Å². The van der Waals surface area contributed by atoms with Crippen molar-refractivity contribution in [2.75, 3.05) is 0 Å². The Kier molecular flexibility index (Phi) is 4.47. The number of carbonyl (C=O) groups is 1. The zero-order valence-electron chi connectivity index (χ0n) is 10.5. The highest BCUT2D eigenvalue weighted by Crippen LogP contribution is 2.10. The first-order valence-electron chi connectivity index (χ1n) is 5.49. The van der Waals surface area contributed by atoms with E-state index in [9.17, 15) is 13.2 Å². The van der Waals surface area contributed by atoms with Crippen molar-refractivity contribution in [3.05, 3.63) is 12.4 Å². The molecular formula is C10H17N3O4S. The third kappa shape index (κ3) is 3.81. The SMILES string of the molecule is CC(C)C(C)NS(=O)(=O)c1cnn(CC(=O)O)c1. The largest absolute Gasteiger partial charge is 0.480 e. The molecule has 0 bridgehead atoms. The molecule has 1 atom stereocenters. The standard InChI is InChI=1S/C10H17N3O4S/c1-7(2)8(3)12-18(16,17)9-4-11-13(5-9)6-10(14)15/h4-5,7-8,12H,6H2,1-3H3,(H,14,15). The fourth-order valence-corrected chi connectivity index (χ4v) is 2.50. The molecule has 0 aliphatic heterocycles. The van der Waals surface area contributed by atoms with E-state index in [-0.39, 0.29) is 23.4 Å². The number of sulfonamides is 1. The summed E-state index contributed by atoms with van der Waals surface area (Å²) in [5, 5.41) is 12.3. The molecule has 1 aromatic rings. The van der Waals surface area contributed by atoms with Gasteiger partial charge < -0.3 is 5.11 Å². The number of aromatic nitrogens is 2. The quantitative estimate of drug-likeness (QED) is 0.777. The maximum absolute atomic E-state index is 11.9. The summed E-state index contributed by atoms with van der Waals surface area (Å²) in [6.45, 7) is 5.21. The molecular weight excluding hydrogens is 258 g/mol. The summed E-state index contributed by atoms with van der Waals surface area (Å²) < 4.78 is 27.4. The highest BCUT2D eigenvalue weighted by Gasteiger charge is 2.21. The lowest BCUT2D eigenvalue weighted by Crippen LogP contribution is -2.35. The second kappa shape index (κ2) is 5.49. The summed E-state index contributed by atoms with van der Waals surface area (Å²) >= 11 is 0. The lowest BCUT2D eigenvalue weighted by molar-refractivity contribution is -0.137. The summed E-state index contributed by atoms with van der Waals surface area (Å²) in [5.41, 5.74) is 0. The van der Waals surface area contributed by atoms with Gasteiger partial charge in [0.15, 0.2) is 0 Å². The summed E-state index contributed by atoms with van der Waals surface area (Å²) in [4.78, 5) is 10.4. The molecule has 102 valence electrons. The van der Waals surface area contributed by atoms with Gasteiger partial charge in [-0.05, 0) is 12.8 Å². The monoisotopic (exact) mass is 275 g/mol. The fraction of sp³-hybridized carbons (Fsp3) is 0.600. The minimum atomic E-state index is -3.65. The van der Waals surface area contributed by atoms with Crippen LogP contribution in [-0.2, 0) is 21.4 Å². The molecule has 2 N–H and O–H groups in total. The van der Waals surface area contributed by atoms with Crippen molar-refractivity contribution < 1.29 is 18.3 Å². The van der Waals surface area contributed by atoms with Gasteiger partial charge in [-0.25, -0.2) is 13.1 Å². The van der Waals surface area contributed by atoms with E-state index in [4.69, 9.17) is 5.11 Å². The van der Waals surface area contributed by atoms with Crippen LogP contribution in [0.1, 0.15) is 20.8 Å². The highest BCUT2D eigenvalue weighted by atomic mass is 32.2. The number of hydrogen-bond donors (Lipinski definition) is 2. The van der Waals surface area contributed by atoms with E-state index in [0.29, 0.717) is 0 Å². The van der Waals surface area contributed by atoms with Gasteiger partial charge in [0.2, 0.25) is 10.0 Å². The molecule has 0 saturated carbocycles. The van der Waals surface area contributed by atoms with Gasteiger partial charge in [0.05, 0.1) is 6.20 Å². The van der Waals surface area contributed by atoms with Gasteiger partial charge in [0.1, 0.15) is 11.4 Å². The van der Waals surface area contributed by atoms with Crippen molar-refractivity contribution in [3.63, 3.8) is 0 Å². The summed E-state index contributed by atoms with van der Waals surface area (Å²) in [7, 11) is -3.65. The Morgan fingerprint density at radius 1 is 1.50 bits per heavy atom. The van der Waals surface area contributed by atoms with E-state index in [1.54, 1.807) is 6.92 Å². The predicted molar refractivity (Wildman–Crippen MR) is 64.5 cm³/mol. The number of rotatable bonds is 6. The zero-order chi connectivity index (χ0) is 13.9. The van der Waals surface area contributed by atoms with Crippen LogP contribution in [0.25, 0.3) is 0 Å². The molecule has 0 fully saturated rings. The first-order valence-corrected chi connectivity index (χ1v) is 6.97. The molecule has 0 saturated heterocycles. The number of carboxylic acids is 1. The Hall–Kier alpha value is -1.41.